The molecule has 0 fully saturated rings. The van der Waals surface area contributed by atoms with E-state index in [-0.39, 0.29) is 12.6 Å². The van der Waals surface area contributed by atoms with Crippen molar-refractivity contribution in [2.75, 3.05) is 11.9 Å². The molecule has 0 aromatic carbocycles. The number of ether oxygens (including phenoxy) is 1. The summed E-state index contributed by atoms with van der Waals surface area (Å²) in [5.74, 6) is -2.01. The van der Waals surface area contributed by atoms with Gasteiger partial charge in [0.25, 0.3) is 0 Å². The van der Waals surface area contributed by atoms with E-state index in [0.717, 1.165) is 6.42 Å². The number of rotatable bonds is 5. The van der Waals surface area contributed by atoms with Crippen LogP contribution >= 0.6 is 11.3 Å². The first-order chi connectivity index (χ1) is 9.90. The van der Waals surface area contributed by atoms with Crippen molar-refractivity contribution in [1.82, 2.24) is 5.32 Å². The molecule has 21 heavy (non-hydrogen) atoms. The van der Waals surface area contributed by atoms with Crippen molar-refractivity contribution in [3.63, 3.8) is 0 Å². The Kier molecular flexibility index (Phi) is 6.36. The SMILES string of the molecule is CCOC(=O)c1c(C)csc1NC(=O)C(=O)NC(C)CC. The van der Waals surface area contributed by atoms with Crippen LogP contribution in [0.1, 0.15) is 43.1 Å². The first kappa shape index (κ1) is 17.2. The van der Waals surface area contributed by atoms with Gasteiger partial charge < -0.3 is 15.4 Å². The predicted molar refractivity (Wildman–Crippen MR) is 81.5 cm³/mol. The van der Waals surface area contributed by atoms with Crippen LogP contribution in [-0.2, 0) is 14.3 Å². The van der Waals surface area contributed by atoms with E-state index < -0.39 is 17.8 Å². The van der Waals surface area contributed by atoms with Crippen LogP contribution in [0.5, 0.6) is 0 Å². The fraction of sp³-hybridized carbons (Fsp3) is 0.500. The lowest BCUT2D eigenvalue weighted by Gasteiger charge is -2.11. The summed E-state index contributed by atoms with van der Waals surface area (Å²) in [5, 5.41) is 7.09. The van der Waals surface area contributed by atoms with Crippen molar-refractivity contribution in [2.45, 2.75) is 40.2 Å². The van der Waals surface area contributed by atoms with Gasteiger partial charge in [0, 0.05) is 6.04 Å². The third kappa shape index (κ3) is 4.56. The molecule has 116 valence electrons. The van der Waals surface area contributed by atoms with E-state index in [1.807, 2.05) is 13.8 Å². The number of nitrogens with one attached hydrogen (secondary N) is 2. The molecule has 0 aliphatic heterocycles. The summed E-state index contributed by atoms with van der Waals surface area (Å²) in [6.45, 7) is 7.42. The molecule has 7 heteroatoms. The van der Waals surface area contributed by atoms with Crippen LogP contribution in [0.2, 0.25) is 0 Å². The Hall–Kier alpha value is -1.89. The minimum atomic E-state index is -0.789. The molecule has 0 saturated carbocycles. The molecule has 1 unspecified atom stereocenters. The zero-order chi connectivity index (χ0) is 16.0. The van der Waals surface area contributed by atoms with Crippen LogP contribution in [0.3, 0.4) is 0 Å². The summed E-state index contributed by atoms with van der Waals surface area (Å²) in [6, 6.07) is -0.0853. The standard InChI is InChI=1S/C14H20N2O4S/c1-5-9(4)15-11(17)12(18)16-13-10(8(3)7-21-13)14(19)20-6-2/h7,9H,5-6H2,1-4H3,(H,15,17)(H,16,18). The Morgan fingerprint density at radius 3 is 2.52 bits per heavy atom. The number of carbonyl (C=O) groups is 3. The summed E-state index contributed by atoms with van der Waals surface area (Å²) in [4.78, 5) is 35.4. The minimum absolute atomic E-state index is 0.0853. The van der Waals surface area contributed by atoms with Crippen molar-refractivity contribution >= 4 is 34.1 Å². The maximum Gasteiger partial charge on any atom is 0.341 e. The van der Waals surface area contributed by atoms with Gasteiger partial charge in [-0.3, -0.25) is 9.59 Å². The molecule has 0 aliphatic rings. The largest absolute Gasteiger partial charge is 0.462 e. The van der Waals surface area contributed by atoms with Gasteiger partial charge in [0.15, 0.2) is 0 Å². The second-order valence-electron chi connectivity index (χ2n) is 4.58. The number of carbonyl (C=O) groups excluding carboxylic acids is 3. The lowest BCUT2D eigenvalue weighted by molar-refractivity contribution is -0.136. The maximum atomic E-state index is 11.9. The molecule has 0 radical (unpaired) electrons. The predicted octanol–water partition coefficient (Wildman–Crippen LogP) is 2.09. The van der Waals surface area contributed by atoms with Gasteiger partial charge in [0.05, 0.1) is 12.2 Å². The summed E-state index contributed by atoms with van der Waals surface area (Å²) < 4.78 is 4.95. The Balaban J connectivity index is 2.81. The number of amides is 2. The van der Waals surface area contributed by atoms with Crippen LogP contribution in [0.4, 0.5) is 5.00 Å². The highest BCUT2D eigenvalue weighted by Crippen LogP contribution is 2.28. The van der Waals surface area contributed by atoms with E-state index in [9.17, 15) is 14.4 Å². The Morgan fingerprint density at radius 2 is 1.95 bits per heavy atom. The monoisotopic (exact) mass is 312 g/mol. The van der Waals surface area contributed by atoms with Crippen LogP contribution in [0, 0.1) is 6.92 Å². The van der Waals surface area contributed by atoms with Crippen LogP contribution in [0.25, 0.3) is 0 Å². The summed E-state index contributed by atoms with van der Waals surface area (Å²) in [6.07, 6.45) is 0.727. The van der Waals surface area contributed by atoms with Gasteiger partial charge in [0.2, 0.25) is 0 Å². The molecule has 1 aromatic rings. The zero-order valence-electron chi connectivity index (χ0n) is 12.6. The number of esters is 1. The highest BCUT2D eigenvalue weighted by molar-refractivity contribution is 7.15. The zero-order valence-corrected chi connectivity index (χ0v) is 13.4. The molecule has 0 saturated heterocycles. The lowest BCUT2D eigenvalue weighted by Crippen LogP contribution is -2.40. The molecular formula is C14H20N2O4S. The third-order valence-electron chi connectivity index (χ3n) is 2.88. The first-order valence-corrected chi connectivity index (χ1v) is 7.65. The molecule has 1 heterocycles. The van der Waals surface area contributed by atoms with E-state index in [4.69, 9.17) is 4.74 Å². The molecule has 0 aliphatic carbocycles. The molecule has 2 N–H and O–H groups in total. The van der Waals surface area contributed by atoms with Gasteiger partial charge in [-0.05, 0) is 38.1 Å². The minimum Gasteiger partial charge on any atom is -0.462 e. The summed E-state index contributed by atoms with van der Waals surface area (Å²) in [5.41, 5.74) is 1.00. The van der Waals surface area contributed by atoms with E-state index in [2.05, 4.69) is 10.6 Å². The van der Waals surface area contributed by atoms with Crippen LogP contribution in [-0.4, -0.2) is 30.4 Å². The van der Waals surface area contributed by atoms with Gasteiger partial charge in [-0.1, -0.05) is 6.92 Å². The third-order valence-corrected chi connectivity index (χ3v) is 3.89. The molecule has 1 aromatic heterocycles. The van der Waals surface area contributed by atoms with Crippen molar-refractivity contribution < 1.29 is 19.1 Å². The van der Waals surface area contributed by atoms with E-state index >= 15 is 0 Å². The number of aryl methyl sites for hydroxylation is 1. The van der Waals surface area contributed by atoms with Crippen molar-refractivity contribution in [1.29, 1.82) is 0 Å². The molecule has 6 nitrogen and oxygen atoms in total. The average Bonchev–Trinajstić information content (AvgIpc) is 2.79. The van der Waals surface area contributed by atoms with Gasteiger partial charge in [-0.2, -0.15) is 0 Å². The number of anilines is 1. The van der Waals surface area contributed by atoms with Crippen molar-refractivity contribution in [3.8, 4) is 0 Å². The van der Waals surface area contributed by atoms with E-state index in [1.54, 1.807) is 19.2 Å². The van der Waals surface area contributed by atoms with E-state index in [1.165, 1.54) is 11.3 Å². The number of hydrogen-bond donors (Lipinski definition) is 2. The number of hydrogen-bond acceptors (Lipinski definition) is 5. The molecule has 1 rings (SSSR count). The highest BCUT2D eigenvalue weighted by Gasteiger charge is 2.22. The van der Waals surface area contributed by atoms with Crippen LogP contribution in [0.15, 0.2) is 5.38 Å². The topological polar surface area (TPSA) is 84.5 Å². The molecule has 0 spiro atoms. The van der Waals surface area contributed by atoms with Gasteiger partial charge in [-0.25, -0.2) is 4.79 Å². The fourth-order valence-corrected chi connectivity index (χ4v) is 2.47. The van der Waals surface area contributed by atoms with Crippen molar-refractivity contribution in [3.05, 3.63) is 16.5 Å². The van der Waals surface area contributed by atoms with E-state index in [0.29, 0.717) is 16.1 Å². The average molecular weight is 312 g/mol. The number of thiophene rings is 1. The molecule has 1 atom stereocenters. The second-order valence-corrected chi connectivity index (χ2v) is 5.46. The Bertz CT molecular complexity index is 539. The molecule has 0 bridgehead atoms. The Morgan fingerprint density at radius 1 is 1.29 bits per heavy atom. The summed E-state index contributed by atoms with van der Waals surface area (Å²) in [7, 11) is 0. The molecular weight excluding hydrogens is 292 g/mol. The fourth-order valence-electron chi connectivity index (χ4n) is 1.54. The first-order valence-electron chi connectivity index (χ1n) is 6.77. The van der Waals surface area contributed by atoms with Gasteiger partial charge in [0.1, 0.15) is 5.00 Å². The maximum absolute atomic E-state index is 11.9. The normalized spacial score (nSPS) is 11.6. The van der Waals surface area contributed by atoms with Crippen molar-refractivity contribution in [2.24, 2.45) is 0 Å². The van der Waals surface area contributed by atoms with Crippen LogP contribution < -0.4 is 10.6 Å². The highest BCUT2D eigenvalue weighted by atomic mass is 32.1. The smallest absolute Gasteiger partial charge is 0.341 e. The summed E-state index contributed by atoms with van der Waals surface area (Å²) >= 11 is 1.19. The van der Waals surface area contributed by atoms with Gasteiger partial charge >= 0.3 is 17.8 Å². The van der Waals surface area contributed by atoms with Gasteiger partial charge in [-0.15, -0.1) is 11.3 Å². The second kappa shape index (κ2) is 7.78. The Labute approximate surface area is 127 Å². The quantitative estimate of drug-likeness (QED) is 0.644. The lowest BCUT2D eigenvalue weighted by atomic mass is 10.2. The molecule has 2 amide bonds.